The first-order valence-corrected chi connectivity index (χ1v) is 6.35. The van der Waals surface area contributed by atoms with Gasteiger partial charge in [-0.15, -0.1) is 0 Å². The highest BCUT2D eigenvalue weighted by Gasteiger charge is 2.16. The van der Waals surface area contributed by atoms with Gasteiger partial charge in [0.15, 0.2) is 11.5 Å². The fourth-order valence-corrected chi connectivity index (χ4v) is 1.95. The number of aromatic amines is 1. The van der Waals surface area contributed by atoms with Crippen LogP contribution < -0.4 is 20.3 Å². The van der Waals surface area contributed by atoms with Crippen LogP contribution in [-0.2, 0) is 0 Å². The maximum absolute atomic E-state index is 11.9. The molecule has 3 N–H and O–H groups in total. The second-order valence-electron chi connectivity index (χ2n) is 4.21. The maximum atomic E-state index is 11.9. The number of carbonyl (C=O) groups excluding carboxylic acids is 2. The van der Waals surface area contributed by atoms with Crippen LogP contribution in [-0.4, -0.2) is 23.6 Å². The van der Waals surface area contributed by atoms with Crippen molar-refractivity contribution in [1.29, 1.82) is 0 Å². The van der Waals surface area contributed by atoms with Crippen LogP contribution in [0.25, 0.3) is 0 Å². The molecule has 1 aromatic carbocycles. The number of rotatable bonds is 2. The summed E-state index contributed by atoms with van der Waals surface area (Å²) >= 11 is 5.69. The van der Waals surface area contributed by atoms with Gasteiger partial charge in [0.05, 0.1) is 5.02 Å². The topological polar surface area (TPSA) is 92.5 Å². The smallest absolute Gasteiger partial charge is 0.286 e. The zero-order valence-electron chi connectivity index (χ0n) is 10.6. The van der Waals surface area contributed by atoms with E-state index in [1.54, 1.807) is 12.1 Å². The van der Waals surface area contributed by atoms with Gasteiger partial charge in [0, 0.05) is 11.8 Å². The second-order valence-corrected chi connectivity index (χ2v) is 4.64. The third kappa shape index (κ3) is 2.77. The molecule has 7 nitrogen and oxygen atoms in total. The SMILES string of the molecule is O=C(NNC(=O)c1cc(Cl)c[nH]1)c1ccc2c(c1)OCO2. The third-order valence-electron chi connectivity index (χ3n) is 2.82. The quantitative estimate of drug-likeness (QED) is 0.733. The lowest BCUT2D eigenvalue weighted by Gasteiger charge is -2.07. The zero-order chi connectivity index (χ0) is 14.8. The van der Waals surface area contributed by atoms with Crippen LogP contribution in [0.3, 0.4) is 0 Å². The molecule has 108 valence electrons. The summed E-state index contributed by atoms with van der Waals surface area (Å²) < 4.78 is 10.3. The van der Waals surface area contributed by atoms with E-state index in [9.17, 15) is 9.59 Å². The van der Waals surface area contributed by atoms with Gasteiger partial charge in [-0.1, -0.05) is 11.6 Å². The van der Waals surface area contributed by atoms with Gasteiger partial charge >= 0.3 is 0 Å². The number of hydrogen-bond acceptors (Lipinski definition) is 4. The van der Waals surface area contributed by atoms with Gasteiger partial charge in [-0.25, -0.2) is 0 Å². The molecule has 0 radical (unpaired) electrons. The molecule has 1 aliphatic heterocycles. The largest absolute Gasteiger partial charge is 0.454 e. The highest BCUT2D eigenvalue weighted by atomic mass is 35.5. The standard InChI is InChI=1S/C13H10ClN3O4/c14-8-4-9(15-5-8)13(19)17-16-12(18)7-1-2-10-11(3-7)21-6-20-10/h1-5,15H,6H2,(H,16,18)(H,17,19). The van der Waals surface area contributed by atoms with Crippen LogP contribution in [0.4, 0.5) is 0 Å². The van der Waals surface area contributed by atoms with Crippen molar-refractivity contribution in [1.82, 2.24) is 15.8 Å². The minimum absolute atomic E-state index is 0.130. The first kappa shape index (κ1) is 13.3. The number of fused-ring (bicyclic) bond motifs is 1. The molecule has 0 saturated heterocycles. The molecule has 0 fully saturated rings. The lowest BCUT2D eigenvalue weighted by molar-refractivity contribution is 0.0844. The Morgan fingerprint density at radius 3 is 2.62 bits per heavy atom. The van der Waals surface area contributed by atoms with E-state index in [0.717, 1.165) is 0 Å². The number of hydrazine groups is 1. The first-order chi connectivity index (χ1) is 10.1. The fourth-order valence-electron chi connectivity index (χ4n) is 1.79. The van der Waals surface area contributed by atoms with E-state index < -0.39 is 11.8 Å². The van der Waals surface area contributed by atoms with E-state index in [-0.39, 0.29) is 12.5 Å². The Kier molecular flexibility index (Phi) is 3.41. The molecular formula is C13H10ClN3O4. The molecule has 0 bridgehead atoms. The van der Waals surface area contributed by atoms with Crippen molar-refractivity contribution < 1.29 is 19.1 Å². The summed E-state index contributed by atoms with van der Waals surface area (Å²) in [5.74, 6) is 0.0945. The van der Waals surface area contributed by atoms with Crippen LogP contribution in [0, 0.1) is 0 Å². The van der Waals surface area contributed by atoms with Gasteiger partial charge in [0.1, 0.15) is 5.69 Å². The van der Waals surface area contributed by atoms with Crippen LogP contribution in [0.5, 0.6) is 11.5 Å². The van der Waals surface area contributed by atoms with E-state index in [1.807, 2.05) is 0 Å². The molecule has 0 saturated carbocycles. The highest BCUT2D eigenvalue weighted by Crippen LogP contribution is 2.32. The van der Waals surface area contributed by atoms with Gasteiger partial charge in [-0.2, -0.15) is 0 Å². The number of nitrogens with one attached hydrogen (secondary N) is 3. The third-order valence-corrected chi connectivity index (χ3v) is 3.03. The summed E-state index contributed by atoms with van der Waals surface area (Å²) in [6.45, 7) is 0.130. The average Bonchev–Trinajstić information content (AvgIpc) is 3.12. The summed E-state index contributed by atoms with van der Waals surface area (Å²) in [5, 5.41) is 0.405. The Morgan fingerprint density at radius 1 is 1.10 bits per heavy atom. The van der Waals surface area contributed by atoms with Crippen molar-refractivity contribution >= 4 is 23.4 Å². The van der Waals surface area contributed by atoms with Gasteiger partial charge in [0.2, 0.25) is 6.79 Å². The normalized spacial score (nSPS) is 12.0. The number of hydrogen-bond donors (Lipinski definition) is 3. The molecule has 21 heavy (non-hydrogen) atoms. The lowest BCUT2D eigenvalue weighted by atomic mass is 10.2. The van der Waals surface area contributed by atoms with Crippen LogP contribution in [0.2, 0.25) is 5.02 Å². The summed E-state index contributed by atoms with van der Waals surface area (Å²) in [5.41, 5.74) is 5.16. The molecular weight excluding hydrogens is 298 g/mol. The van der Waals surface area contributed by atoms with E-state index in [2.05, 4.69) is 15.8 Å². The Balaban J connectivity index is 1.63. The molecule has 2 amide bonds. The minimum atomic E-state index is -0.504. The number of benzene rings is 1. The molecule has 2 heterocycles. The highest BCUT2D eigenvalue weighted by molar-refractivity contribution is 6.30. The van der Waals surface area contributed by atoms with Crippen LogP contribution in [0.1, 0.15) is 20.8 Å². The summed E-state index contributed by atoms with van der Waals surface area (Å²) in [4.78, 5) is 26.3. The van der Waals surface area contributed by atoms with Gasteiger partial charge < -0.3 is 14.5 Å². The second kappa shape index (κ2) is 5.37. The number of carbonyl (C=O) groups is 2. The van der Waals surface area contributed by atoms with E-state index in [0.29, 0.717) is 22.1 Å². The maximum Gasteiger partial charge on any atom is 0.286 e. The molecule has 2 aromatic rings. The number of ether oxygens (including phenoxy) is 2. The Labute approximate surface area is 124 Å². The number of amides is 2. The van der Waals surface area contributed by atoms with Crippen molar-refractivity contribution in [2.75, 3.05) is 6.79 Å². The van der Waals surface area contributed by atoms with E-state index in [4.69, 9.17) is 21.1 Å². The Hall–Kier alpha value is -2.67. The molecule has 0 unspecified atom stereocenters. The Bertz CT molecular complexity index is 713. The molecule has 1 aliphatic rings. The number of H-pyrrole nitrogens is 1. The summed E-state index contributed by atoms with van der Waals surface area (Å²) in [7, 11) is 0. The van der Waals surface area contributed by atoms with Crippen molar-refractivity contribution in [2.24, 2.45) is 0 Å². The molecule has 0 aliphatic carbocycles. The molecule has 8 heteroatoms. The predicted molar refractivity (Wildman–Crippen MR) is 73.3 cm³/mol. The summed E-state index contributed by atoms with van der Waals surface area (Å²) in [6, 6.07) is 6.18. The minimum Gasteiger partial charge on any atom is -0.454 e. The van der Waals surface area contributed by atoms with Gasteiger partial charge in [0.25, 0.3) is 11.8 Å². The fraction of sp³-hybridized carbons (Fsp3) is 0.0769. The first-order valence-electron chi connectivity index (χ1n) is 5.98. The van der Waals surface area contributed by atoms with Crippen molar-refractivity contribution in [2.45, 2.75) is 0 Å². The monoisotopic (exact) mass is 307 g/mol. The zero-order valence-corrected chi connectivity index (χ0v) is 11.4. The predicted octanol–water partition coefficient (Wildman–Crippen LogP) is 1.47. The van der Waals surface area contributed by atoms with Crippen LogP contribution >= 0.6 is 11.6 Å². The van der Waals surface area contributed by atoms with Crippen molar-refractivity contribution in [3.8, 4) is 11.5 Å². The van der Waals surface area contributed by atoms with Crippen LogP contribution in [0.15, 0.2) is 30.5 Å². The molecule has 1 aromatic heterocycles. The molecule has 0 spiro atoms. The van der Waals surface area contributed by atoms with E-state index >= 15 is 0 Å². The lowest BCUT2D eigenvalue weighted by Crippen LogP contribution is -2.41. The Morgan fingerprint density at radius 2 is 1.86 bits per heavy atom. The van der Waals surface area contributed by atoms with Crippen molar-refractivity contribution in [3.63, 3.8) is 0 Å². The van der Waals surface area contributed by atoms with Crippen molar-refractivity contribution in [3.05, 3.63) is 46.7 Å². The number of halogens is 1. The average molecular weight is 308 g/mol. The van der Waals surface area contributed by atoms with Gasteiger partial charge in [-0.05, 0) is 24.3 Å². The molecule has 3 rings (SSSR count). The number of aromatic nitrogens is 1. The molecule has 0 atom stereocenters. The summed E-state index contributed by atoms with van der Waals surface area (Å²) in [6.07, 6.45) is 1.47. The van der Waals surface area contributed by atoms with Gasteiger partial charge in [-0.3, -0.25) is 20.4 Å². The van der Waals surface area contributed by atoms with E-state index in [1.165, 1.54) is 18.3 Å².